The number of rotatable bonds is 3. The van der Waals surface area contributed by atoms with Crippen molar-refractivity contribution in [1.82, 2.24) is 0 Å². The van der Waals surface area contributed by atoms with E-state index in [0.29, 0.717) is 5.69 Å². The number of sulfonamides is 1. The topological polar surface area (TPSA) is 72.2 Å². The second-order valence-corrected chi connectivity index (χ2v) is 6.34. The van der Waals surface area contributed by atoms with E-state index in [1.807, 2.05) is 19.1 Å². The summed E-state index contributed by atoms with van der Waals surface area (Å²) in [7, 11) is -3.22. The van der Waals surface area contributed by atoms with Crippen LogP contribution in [0.4, 0.5) is 5.69 Å². The van der Waals surface area contributed by atoms with Gasteiger partial charge < -0.3 is 5.73 Å². The summed E-state index contributed by atoms with van der Waals surface area (Å²) in [6.45, 7) is 2.15. The van der Waals surface area contributed by atoms with Crippen LogP contribution in [-0.4, -0.2) is 20.2 Å². The van der Waals surface area contributed by atoms with Crippen LogP contribution in [0.1, 0.15) is 24.0 Å². The molecule has 0 heterocycles. The normalized spacial score (nSPS) is 14.8. The molecule has 0 aromatic heterocycles. The highest BCUT2D eigenvalue weighted by molar-refractivity contribution is 7.93. The van der Waals surface area contributed by atoms with E-state index in [0.717, 1.165) is 24.0 Å². The zero-order valence-electron chi connectivity index (χ0n) is 10.2. The van der Waals surface area contributed by atoms with Crippen LogP contribution in [0.25, 0.3) is 0 Å². The Bertz CT molecular complexity index is 608. The Balaban J connectivity index is 2.26. The summed E-state index contributed by atoms with van der Waals surface area (Å²) in [5, 5.41) is -0.226. The fourth-order valence-corrected chi connectivity index (χ4v) is 3.03. The van der Waals surface area contributed by atoms with Gasteiger partial charge in [0.2, 0.25) is 10.0 Å². The van der Waals surface area contributed by atoms with E-state index < -0.39 is 10.0 Å². The maximum absolute atomic E-state index is 11.9. The first-order chi connectivity index (χ1) is 8.53. The molecule has 3 N–H and O–H groups in total. The lowest BCUT2D eigenvalue weighted by Gasteiger charge is -2.10. The molecule has 5 heteroatoms. The molecular weight excluding hydrogens is 248 g/mol. The predicted molar refractivity (Wildman–Crippen MR) is 72.7 cm³/mol. The summed E-state index contributed by atoms with van der Waals surface area (Å²) in [5.74, 6) is 5.64. The standard InChI is InChI=1S/C13H16N2O2S/c1-10-4-5-11(3-2-8-14)9-13(10)15-18(16,17)12-6-7-12/h4-5,9,12,15H,6-8,14H2,1H3. The van der Waals surface area contributed by atoms with Gasteiger partial charge in [0.15, 0.2) is 0 Å². The third kappa shape index (κ3) is 3.03. The second kappa shape index (κ2) is 5.01. The Morgan fingerprint density at radius 2 is 2.17 bits per heavy atom. The highest BCUT2D eigenvalue weighted by Crippen LogP contribution is 2.30. The summed E-state index contributed by atoms with van der Waals surface area (Å²) in [6, 6.07) is 5.45. The molecule has 0 spiro atoms. The van der Waals surface area contributed by atoms with E-state index in [1.54, 1.807) is 6.07 Å². The molecule has 2 rings (SSSR count). The predicted octanol–water partition coefficient (Wildman–Crippen LogP) is 1.21. The molecule has 0 amide bonds. The van der Waals surface area contributed by atoms with Gasteiger partial charge >= 0.3 is 0 Å². The maximum Gasteiger partial charge on any atom is 0.235 e. The van der Waals surface area contributed by atoms with Crippen molar-refractivity contribution in [2.75, 3.05) is 11.3 Å². The molecule has 1 aromatic carbocycles. The SMILES string of the molecule is Cc1ccc(C#CCN)cc1NS(=O)(=O)C1CC1. The first kappa shape index (κ1) is 12.9. The smallest absolute Gasteiger partial charge is 0.235 e. The van der Waals surface area contributed by atoms with Crippen molar-refractivity contribution in [3.63, 3.8) is 0 Å². The van der Waals surface area contributed by atoms with Crippen LogP contribution in [0.15, 0.2) is 18.2 Å². The molecule has 4 nitrogen and oxygen atoms in total. The summed E-state index contributed by atoms with van der Waals surface area (Å²) in [6.07, 6.45) is 1.50. The average Bonchev–Trinajstić information content (AvgIpc) is 3.14. The van der Waals surface area contributed by atoms with Crippen molar-refractivity contribution in [1.29, 1.82) is 0 Å². The number of hydrogen-bond donors (Lipinski definition) is 2. The van der Waals surface area contributed by atoms with Crippen molar-refractivity contribution in [2.45, 2.75) is 25.0 Å². The van der Waals surface area contributed by atoms with Crippen molar-refractivity contribution in [2.24, 2.45) is 5.73 Å². The van der Waals surface area contributed by atoms with Crippen molar-refractivity contribution in [3.8, 4) is 11.8 Å². The number of hydrogen-bond acceptors (Lipinski definition) is 3. The largest absolute Gasteiger partial charge is 0.320 e. The molecule has 1 saturated carbocycles. The molecular formula is C13H16N2O2S. The zero-order valence-corrected chi connectivity index (χ0v) is 11.0. The molecule has 0 atom stereocenters. The second-order valence-electron chi connectivity index (χ2n) is 4.38. The van der Waals surface area contributed by atoms with Gasteiger partial charge in [0.05, 0.1) is 17.5 Å². The Labute approximate surface area is 108 Å². The van der Waals surface area contributed by atoms with Gasteiger partial charge in [-0.05, 0) is 37.5 Å². The van der Waals surface area contributed by atoms with Crippen LogP contribution in [0, 0.1) is 18.8 Å². The quantitative estimate of drug-likeness (QED) is 0.806. The molecule has 1 aliphatic rings. The summed E-state index contributed by atoms with van der Waals surface area (Å²) in [5.41, 5.74) is 7.56. The third-order valence-corrected chi connectivity index (χ3v) is 4.64. The van der Waals surface area contributed by atoms with E-state index in [4.69, 9.17) is 5.73 Å². The lowest BCUT2D eigenvalue weighted by Crippen LogP contribution is -2.18. The molecule has 18 heavy (non-hydrogen) atoms. The molecule has 0 saturated heterocycles. The summed E-state index contributed by atoms with van der Waals surface area (Å²) < 4.78 is 26.4. The Kier molecular flexibility index (Phi) is 3.60. The molecule has 0 radical (unpaired) electrons. The molecule has 96 valence electrons. The minimum atomic E-state index is -3.22. The van der Waals surface area contributed by atoms with Crippen molar-refractivity contribution in [3.05, 3.63) is 29.3 Å². The van der Waals surface area contributed by atoms with Gasteiger partial charge in [-0.1, -0.05) is 17.9 Å². The van der Waals surface area contributed by atoms with E-state index in [9.17, 15) is 8.42 Å². The van der Waals surface area contributed by atoms with Gasteiger partial charge in [0, 0.05) is 5.56 Å². The molecule has 1 aliphatic carbocycles. The van der Waals surface area contributed by atoms with Crippen LogP contribution in [0.3, 0.4) is 0 Å². The van der Waals surface area contributed by atoms with E-state index >= 15 is 0 Å². The minimum absolute atomic E-state index is 0.226. The molecule has 0 unspecified atom stereocenters. The Hall–Kier alpha value is -1.51. The molecule has 0 aliphatic heterocycles. The minimum Gasteiger partial charge on any atom is -0.320 e. The third-order valence-electron chi connectivity index (χ3n) is 2.79. The number of nitrogens with two attached hydrogens (primary N) is 1. The summed E-state index contributed by atoms with van der Waals surface area (Å²) >= 11 is 0. The fourth-order valence-electron chi connectivity index (χ4n) is 1.58. The zero-order chi connectivity index (χ0) is 13.2. The molecule has 1 aromatic rings. The fraction of sp³-hybridized carbons (Fsp3) is 0.385. The van der Waals surface area contributed by atoms with Gasteiger partial charge in [-0.15, -0.1) is 0 Å². The Morgan fingerprint density at radius 1 is 1.44 bits per heavy atom. The van der Waals surface area contributed by atoms with Crippen LogP contribution in [-0.2, 0) is 10.0 Å². The first-order valence-corrected chi connectivity index (χ1v) is 7.39. The van der Waals surface area contributed by atoms with Gasteiger partial charge in [0.1, 0.15) is 0 Å². The lowest BCUT2D eigenvalue weighted by molar-refractivity contribution is 0.600. The highest BCUT2D eigenvalue weighted by atomic mass is 32.2. The van der Waals surface area contributed by atoms with Crippen molar-refractivity contribution >= 4 is 15.7 Å². The van der Waals surface area contributed by atoms with Crippen LogP contribution in [0.2, 0.25) is 0 Å². The lowest BCUT2D eigenvalue weighted by atomic mass is 10.1. The van der Waals surface area contributed by atoms with Crippen LogP contribution < -0.4 is 10.5 Å². The van der Waals surface area contributed by atoms with Gasteiger partial charge in [-0.25, -0.2) is 8.42 Å². The van der Waals surface area contributed by atoms with E-state index in [-0.39, 0.29) is 11.8 Å². The molecule has 0 bridgehead atoms. The number of anilines is 1. The van der Waals surface area contributed by atoms with Gasteiger partial charge in [0.25, 0.3) is 0 Å². The number of benzene rings is 1. The number of nitrogens with one attached hydrogen (secondary N) is 1. The maximum atomic E-state index is 11.9. The average molecular weight is 264 g/mol. The summed E-state index contributed by atoms with van der Waals surface area (Å²) in [4.78, 5) is 0. The Morgan fingerprint density at radius 3 is 2.78 bits per heavy atom. The van der Waals surface area contributed by atoms with Gasteiger partial charge in [-0.3, -0.25) is 4.72 Å². The monoisotopic (exact) mass is 264 g/mol. The first-order valence-electron chi connectivity index (χ1n) is 5.84. The van der Waals surface area contributed by atoms with Crippen molar-refractivity contribution < 1.29 is 8.42 Å². The number of aryl methyl sites for hydroxylation is 1. The molecule has 1 fully saturated rings. The highest BCUT2D eigenvalue weighted by Gasteiger charge is 2.35. The van der Waals surface area contributed by atoms with E-state index in [2.05, 4.69) is 16.6 Å². The van der Waals surface area contributed by atoms with E-state index in [1.165, 1.54) is 0 Å². The van der Waals surface area contributed by atoms with Crippen LogP contribution >= 0.6 is 0 Å². The van der Waals surface area contributed by atoms with Gasteiger partial charge in [-0.2, -0.15) is 0 Å². The van der Waals surface area contributed by atoms with Crippen LogP contribution in [0.5, 0.6) is 0 Å².